The molecule has 23 heavy (non-hydrogen) atoms. The number of hydrogen-bond acceptors (Lipinski definition) is 3. The van der Waals surface area contributed by atoms with Crippen molar-refractivity contribution in [3.8, 4) is 0 Å². The summed E-state index contributed by atoms with van der Waals surface area (Å²) < 4.78 is 12.6. The molecule has 1 aliphatic heterocycles. The van der Waals surface area contributed by atoms with Gasteiger partial charge in [0.2, 0.25) is 11.8 Å². The highest BCUT2D eigenvalue weighted by atomic mass is 19.1. The van der Waals surface area contributed by atoms with Crippen LogP contribution in [0.2, 0.25) is 0 Å². The number of carboxylic acids is 1. The van der Waals surface area contributed by atoms with Crippen molar-refractivity contribution in [2.75, 3.05) is 6.67 Å². The van der Waals surface area contributed by atoms with Gasteiger partial charge >= 0.3 is 5.97 Å². The number of aliphatic carboxylic acids is 1. The van der Waals surface area contributed by atoms with Gasteiger partial charge in [0.05, 0.1) is 0 Å². The Kier molecular flexibility index (Phi) is 5.31. The lowest BCUT2D eigenvalue weighted by molar-refractivity contribution is -0.143. The minimum absolute atomic E-state index is 0.169. The summed E-state index contributed by atoms with van der Waals surface area (Å²) in [6.45, 7) is 1.02. The predicted molar refractivity (Wildman–Crippen MR) is 80.3 cm³/mol. The van der Waals surface area contributed by atoms with Crippen molar-refractivity contribution in [2.24, 2.45) is 0 Å². The smallest absolute Gasteiger partial charge is 0.328 e. The Labute approximate surface area is 133 Å². The zero-order valence-corrected chi connectivity index (χ0v) is 12.8. The van der Waals surface area contributed by atoms with E-state index in [9.17, 15) is 18.8 Å². The summed E-state index contributed by atoms with van der Waals surface area (Å²) in [6, 6.07) is 5.22. The van der Waals surface area contributed by atoms with E-state index < -0.39 is 30.6 Å². The molecule has 2 rings (SSSR count). The fourth-order valence-electron chi connectivity index (χ4n) is 2.53. The molecule has 1 fully saturated rings. The van der Waals surface area contributed by atoms with Crippen molar-refractivity contribution in [2.45, 2.75) is 38.4 Å². The number of carbonyl (C=O) groups is 3. The van der Waals surface area contributed by atoms with Crippen molar-refractivity contribution in [1.29, 1.82) is 0 Å². The molecule has 1 saturated heterocycles. The Balaban J connectivity index is 2.08. The first-order valence-corrected chi connectivity index (χ1v) is 7.36. The van der Waals surface area contributed by atoms with E-state index in [0.717, 1.165) is 11.1 Å². The second-order valence-electron chi connectivity index (χ2n) is 5.62. The first kappa shape index (κ1) is 16.9. The topological polar surface area (TPSA) is 86.7 Å². The minimum atomic E-state index is -1.58. The molecule has 1 heterocycles. The number of carbonyl (C=O) groups excluding carboxylic acids is 2. The fourth-order valence-corrected chi connectivity index (χ4v) is 2.53. The van der Waals surface area contributed by atoms with Gasteiger partial charge in [0.1, 0.15) is 12.7 Å². The molecular formula is C16H19FN2O4. The average Bonchev–Trinajstić information content (AvgIpc) is 2.87. The lowest BCUT2D eigenvalue weighted by Crippen LogP contribution is -2.50. The van der Waals surface area contributed by atoms with E-state index in [1.165, 1.54) is 4.90 Å². The number of nitrogens with zero attached hydrogens (tertiary/aromatic N) is 1. The van der Waals surface area contributed by atoms with E-state index in [4.69, 9.17) is 5.11 Å². The van der Waals surface area contributed by atoms with Gasteiger partial charge in [-0.05, 0) is 18.9 Å². The lowest BCUT2D eigenvalue weighted by atomic mass is 10.1. The molecule has 1 aliphatic rings. The second kappa shape index (κ2) is 7.21. The minimum Gasteiger partial charge on any atom is -0.480 e. The van der Waals surface area contributed by atoms with E-state index in [2.05, 4.69) is 5.32 Å². The Bertz CT molecular complexity index is 603. The average molecular weight is 322 g/mol. The van der Waals surface area contributed by atoms with Crippen LogP contribution >= 0.6 is 0 Å². The van der Waals surface area contributed by atoms with Gasteiger partial charge in [0, 0.05) is 13.0 Å². The Morgan fingerprint density at radius 1 is 1.39 bits per heavy atom. The summed E-state index contributed by atoms with van der Waals surface area (Å²) in [5.74, 6) is -2.24. The van der Waals surface area contributed by atoms with Crippen LogP contribution in [0.3, 0.4) is 0 Å². The molecule has 0 radical (unpaired) electrons. The molecular weight excluding hydrogens is 303 g/mol. The van der Waals surface area contributed by atoms with Crippen LogP contribution in [-0.2, 0) is 20.9 Å². The number of aryl methyl sites for hydroxylation is 1. The normalized spacial score (nSPS) is 18.8. The predicted octanol–water partition coefficient (Wildman–Crippen LogP) is 1.02. The lowest BCUT2D eigenvalue weighted by Gasteiger charge is -2.25. The van der Waals surface area contributed by atoms with Crippen LogP contribution in [0.1, 0.15) is 24.0 Å². The molecule has 0 aromatic heterocycles. The van der Waals surface area contributed by atoms with Crippen molar-refractivity contribution >= 4 is 17.8 Å². The molecule has 2 N–H and O–H groups in total. The summed E-state index contributed by atoms with van der Waals surface area (Å²) in [5.41, 5.74) is 1.96. The second-order valence-corrected chi connectivity index (χ2v) is 5.62. The third kappa shape index (κ3) is 4.06. The zero-order chi connectivity index (χ0) is 17.0. The van der Waals surface area contributed by atoms with Gasteiger partial charge in [-0.2, -0.15) is 0 Å². The van der Waals surface area contributed by atoms with Crippen molar-refractivity contribution in [3.63, 3.8) is 0 Å². The summed E-state index contributed by atoms with van der Waals surface area (Å²) in [5, 5.41) is 11.0. The number of rotatable bonds is 6. The maximum atomic E-state index is 12.6. The maximum Gasteiger partial charge on any atom is 0.328 e. The molecule has 1 aromatic rings. The largest absolute Gasteiger partial charge is 0.480 e. The van der Waals surface area contributed by atoms with E-state index >= 15 is 0 Å². The number of likely N-dealkylation sites (tertiary alicyclic amines) is 1. The third-order valence-corrected chi connectivity index (χ3v) is 3.87. The van der Waals surface area contributed by atoms with Crippen LogP contribution in [0.15, 0.2) is 24.3 Å². The summed E-state index contributed by atoms with van der Waals surface area (Å²) in [6.07, 6.45) is 0.520. The van der Waals surface area contributed by atoms with Crippen molar-refractivity contribution in [3.05, 3.63) is 35.4 Å². The molecule has 0 bridgehead atoms. The maximum absolute atomic E-state index is 12.6. The molecule has 2 unspecified atom stereocenters. The van der Waals surface area contributed by atoms with Crippen LogP contribution in [-0.4, -0.2) is 46.5 Å². The highest BCUT2D eigenvalue weighted by Gasteiger charge is 2.37. The molecule has 2 amide bonds. The molecule has 124 valence electrons. The van der Waals surface area contributed by atoms with Crippen LogP contribution in [0.5, 0.6) is 0 Å². The van der Waals surface area contributed by atoms with Gasteiger partial charge in [0.25, 0.3) is 0 Å². The van der Waals surface area contributed by atoms with Gasteiger partial charge in [-0.3, -0.25) is 9.59 Å². The number of halogens is 1. The van der Waals surface area contributed by atoms with Crippen molar-refractivity contribution < 1.29 is 23.9 Å². The number of benzene rings is 1. The van der Waals surface area contributed by atoms with E-state index in [-0.39, 0.29) is 18.9 Å². The van der Waals surface area contributed by atoms with Gasteiger partial charge in [-0.1, -0.05) is 29.8 Å². The summed E-state index contributed by atoms with van der Waals surface area (Å²) in [4.78, 5) is 36.4. The van der Waals surface area contributed by atoms with E-state index in [1.807, 2.05) is 31.2 Å². The summed E-state index contributed by atoms with van der Waals surface area (Å²) in [7, 11) is 0. The number of nitrogens with one attached hydrogen (secondary N) is 1. The van der Waals surface area contributed by atoms with E-state index in [0.29, 0.717) is 6.42 Å². The molecule has 0 aliphatic carbocycles. The molecule has 6 nitrogen and oxygen atoms in total. The number of hydrogen-bond donors (Lipinski definition) is 2. The van der Waals surface area contributed by atoms with E-state index in [1.54, 1.807) is 0 Å². The molecule has 7 heteroatoms. The monoisotopic (exact) mass is 322 g/mol. The Hall–Kier alpha value is -2.44. The summed E-state index contributed by atoms with van der Waals surface area (Å²) >= 11 is 0. The highest BCUT2D eigenvalue weighted by molar-refractivity contribution is 5.92. The third-order valence-electron chi connectivity index (χ3n) is 3.87. The fraction of sp³-hybridized carbons (Fsp3) is 0.438. The van der Waals surface area contributed by atoms with Gasteiger partial charge in [-0.15, -0.1) is 0 Å². The van der Waals surface area contributed by atoms with Crippen LogP contribution < -0.4 is 5.32 Å². The van der Waals surface area contributed by atoms with Crippen LogP contribution in [0.4, 0.5) is 4.39 Å². The molecule has 0 spiro atoms. The van der Waals surface area contributed by atoms with Gasteiger partial charge in [0.15, 0.2) is 6.04 Å². The highest BCUT2D eigenvalue weighted by Crippen LogP contribution is 2.22. The molecule has 2 atom stereocenters. The van der Waals surface area contributed by atoms with Gasteiger partial charge in [-0.25, -0.2) is 9.18 Å². The first-order chi connectivity index (χ1) is 10.9. The number of amides is 2. The molecule has 1 aromatic carbocycles. The Morgan fingerprint density at radius 2 is 2.04 bits per heavy atom. The quantitative estimate of drug-likeness (QED) is 0.819. The standard InChI is InChI=1S/C16H19FN2O4/c1-10-2-4-11(5-3-10)9-19-13(6-7-14(19)20)15(21)18-12(8-17)16(22)23/h2-5,12-13H,6-9H2,1H3,(H,18,21)(H,22,23). The van der Waals surface area contributed by atoms with Crippen molar-refractivity contribution in [1.82, 2.24) is 10.2 Å². The van der Waals surface area contributed by atoms with Crippen LogP contribution in [0, 0.1) is 6.92 Å². The zero-order valence-electron chi connectivity index (χ0n) is 12.8. The van der Waals surface area contributed by atoms with Crippen LogP contribution in [0.25, 0.3) is 0 Å². The molecule has 0 saturated carbocycles. The number of alkyl halides is 1. The number of carboxylic acid groups (broad SMARTS) is 1. The first-order valence-electron chi connectivity index (χ1n) is 7.36. The van der Waals surface area contributed by atoms with Gasteiger partial charge < -0.3 is 15.3 Å². The SMILES string of the molecule is Cc1ccc(CN2C(=O)CCC2C(=O)NC(CF)C(=O)O)cc1. The Morgan fingerprint density at radius 3 is 2.61 bits per heavy atom.